The minimum Gasteiger partial charge on any atom is -0.477 e. The number of rotatable bonds is 44. The predicted octanol–water partition coefficient (Wildman–Crippen LogP) is 14.1. The fraction of sp³-hybridized carbons (Fsp3) is 0.755. The predicted molar refractivity (Wildman–Crippen MR) is 257 cm³/mol. The van der Waals surface area contributed by atoms with Gasteiger partial charge >= 0.3 is 17.9 Å². The van der Waals surface area contributed by atoms with Gasteiger partial charge in [-0.2, -0.15) is 0 Å². The van der Waals surface area contributed by atoms with Crippen molar-refractivity contribution >= 4 is 17.9 Å². The molecule has 0 saturated carbocycles. The van der Waals surface area contributed by atoms with Gasteiger partial charge in [-0.05, 0) is 70.6 Å². The Hall–Kier alpha value is -2.97. The van der Waals surface area contributed by atoms with Crippen molar-refractivity contribution in [2.75, 3.05) is 41.0 Å². The van der Waals surface area contributed by atoms with Gasteiger partial charge in [-0.1, -0.05) is 177 Å². The lowest BCUT2D eigenvalue weighted by Gasteiger charge is -2.31. The molecule has 0 fully saturated rings. The van der Waals surface area contributed by atoms with Crippen LogP contribution in [0.3, 0.4) is 0 Å². The number of carbonyl (C=O) groups is 3. The van der Waals surface area contributed by atoms with Gasteiger partial charge in [0.15, 0.2) is 12.1 Å². The van der Waals surface area contributed by atoms with E-state index < -0.39 is 18.1 Å². The zero-order valence-corrected chi connectivity index (χ0v) is 40.1. The van der Waals surface area contributed by atoms with Crippen LogP contribution in [0.15, 0.2) is 60.8 Å². The highest BCUT2D eigenvalue weighted by Gasteiger charge is 2.31. The van der Waals surface area contributed by atoms with Crippen molar-refractivity contribution in [1.29, 1.82) is 0 Å². The number of ether oxygens (including phenoxy) is 3. The van der Waals surface area contributed by atoms with Gasteiger partial charge in [0.1, 0.15) is 6.61 Å². The van der Waals surface area contributed by atoms with Crippen molar-refractivity contribution in [3.8, 4) is 0 Å². The standard InChI is InChI=1S/C53H93NO7/c1-6-8-10-12-14-16-18-20-22-24-25-26-27-28-30-31-33-35-37-39-41-43-51(55)60-48-49(47-59-46-45-50(53(57)58)54(3,4)5)61-52(56)44-42-40-38-36-34-32-29-23-21-19-17-15-13-11-9-7-2/h8-11,14-17,21,23,49-50H,6-7,12-13,18-20,22,24-48H2,1-5H3/p+1/b10-8+,11-9+,16-14+,17-15+,23-21+. The Bertz CT molecular complexity index is 1180. The number of carboxylic acid groups (broad SMARTS) is 1. The second-order valence-electron chi connectivity index (χ2n) is 17.7. The fourth-order valence-electron chi connectivity index (χ4n) is 7.14. The third kappa shape index (κ3) is 42.1. The number of carbonyl (C=O) groups excluding carboxylic acids is 2. The third-order valence-electron chi connectivity index (χ3n) is 10.9. The summed E-state index contributed by atoms with van der Waals surface area (Å²) < 4.78 is 17.3. The van der Waals surface area contributed by atoms with Crippen LogP contribution in [-0.2, 0) is 28.6 Å². The molecule has 0 spiro atoms. The van der Waals surface area contributed by atoms with Gasteiger partial charge in [0, 0.05) is 19.3 Å². The number of nitrogens with zero attached hydrogens (tertiary/aromatic N) is 1. The van der Waals surface area contributed by atoms with E-state index in [1.807, 2.05) is 21.1 Å². The number of aliphatic carboxylic acids is 1. The molecule has 0 aliphatic carbocycles. The maximum atomic E-state index is 12.8. The molecule has 0 rings (SSSR count). The first-order valence-corrected chi connectivity index (χ1v) is 24.8. The van der Waals surface area contributed by atoms with Crippen LogP contribution in [0.5, 0.6) is 0 Å². The lowest BCUT2D eigenvalue weighted by atomic mass is 10.0. The zero-order valence-electron chi connectivity index (χ0n) is 40.1. The zero-order chi connectivity index (χ0) is 44.9. The van der Waals surface area contributed by atoms with E-state index in [9.17, 15) is 19.5 Å². The molecule has 0 bridgehead atoms. The lowest BCUT2D eigenvalue weighted by molar-refractivity contribution is -0.887. The van der Waals surface area contributed by atoms with Gasteiger partial charge in [-0.15, -0.1) is 0 Å². The molecule has 0 radical (unpaired) electrons. The average molecular weight is 857 g/mol. The van der Waals surface area contributed by atoms with Crippen LogP contribution in [0.2, 0.25) is 0 Å². The number of likely N-dealkylation sites (N-methyl/N-ethyl adjacent to an activating group) is 1. The van der Waals surface area contributed by atoms with Crippen molar-refractivity contribution in [2.24, 2.45) is 0 Å². The molecule has 0 aromatic rings. The maximum absolute atomic E-state index is 12.8. The summed E-state index contributed by atoms with van der Waals surface area (Å²) in [5.74, 6) is -1.48. The molecule has 2 atom stereocenters. The molecule has 1 N–H and O–H groups in total. The Morgan fingerprint density at radius 2 is 0.869 bits per heavy atom. The Morgan fingerprint density at radius 1 is 0.492 bits per heavy atom. The Morgan fingerprint density at radius 3 is 1.28 bits per heavy atom. The van der Waals surface area contributed by atoms with Crippen LogP contribution in [0.25, 0.3) is 0 Å². The Labute approximate surface area is 375 Å². The van der Waals surface area contributed by atoms with Gasteiger partial charge in [-0.25, -0.2) is 4.79 Å². The van der Waals surface area contributed by atoms with Gasteiger partial charge in [0.2, 0.25) is 0 Å². The lowest BCUT2D eigenvalue weighted by Crippen LogP contribution is -2.50. The SMILES string of the molecule is CC/C=C/C/C=C/C/C=C/CCCCCCCCC(=O)OC(COCCC(C(=O)O)[N+](C)(C)C)COC(=O)CCCCCCCCCCCCCCCC/C=C/C/C=C/CC. The molecule has 0 aromatic heterocycles. The van der Waals surface area contributed by atoms with Crippen LogP contribution in [-0.4, -0.2) is 80.6 Å². The Kier molecular flexibility index (Phi) is 41.5. The van der Waals surface area contributed by atoms with Crippen molar-refractivity contribution < 1.29 is 38.2 Å². The smallest absolute Gasteiger partial charge is 0.362 e. The highest BCUT2D eigenvalue weighted by Crippen LogP contribution is 2.15. The summed E-state index contributed by atoms with van der Waals surface area (Å²) in [4.78, 5) is 37.1. The molecule has 0 aliphatic heterocycles. The van der Waals surface area contributed by atoms with Crippen LogP contribution in [0.1, 0.15) is 206 Å². The first-order valence-electron chi connectivity index (χ1n) is 24.8. The summed E-state index contributed by atoms with van der Waals surface area (Å²) in [7, 11) is 5.53. The third-order valence-corrected chi connectivity index (χ3v) is 10.9. The van der Waals surface area contributed by atoms with Crippen molar-refractivity contribution in [3.63, 3.8) is 0 Å². The van der Waals surface area contributed by atoms with Crippen molar-refractivity contribution in [1.82, 2.24) is 0 Å². The number of hydrogen-bond acceptors (Lipinski definition) is 6. The molecular weight excluding hydrogens is 763 g/mol. The number of unbranched alkanes of at least 4 members (excludes halogenated alkanes) is 20. The van der Waals surface area contributed by atoms with Gasteiger partial charge < -0.3 is 23.8 Å². The van der Waals surface area contributed by atoms with E-state index in [4.69, 9.17) is 14.2 Å². The van der Waals surface area contributed by atoms with Gasteiger partial charge in [-0.3, -0.25) is 9.59 Å². The molecule has 0 aromatic carbocycles. The number of quaternary nitrogens is 1. The molecule has 0 heterocycles. The summed E-state index contributed by atoms with van der Waals surface area (Å²) in [5.41, 5.74) is 0. The van der Waals surface area contributed by atoms with Crippen molar-refractivity contribution in [3.05, 3.63) is 60.8 Å². The van der Waals surface area contributed by atoms with E-state index >= 15 is 0 Å². The molecule has 8 nitrogen and oxygen atoms in total. The first kappa shape index (κ1) is 58.0. The molecule has 0 saturated heterocycles. The maximum Gasteiger partial charge on any atom is 0.362 e. The number of carboxylic acids is 1. The quantitative estimate of drug-likeness (QED) is 0.0282. The van der Waals surface area contributed by atoms with E-state index in [-0.39, 0.29) is 36.2 Å². The largest absolute Gasteiger partial charge is 0.477 e. The molecular formula is C53H94NO7+. The number of allylic oxidation sites excluding steroid dienone is 10. The van der Waals surface area contributed by atoms with Gasteiger partial charge in [0.25, 0.3) is 0 Å². The fourth-order valence-corrected chi connectivity index (χ4v) is 7.14. The minimum atomic E-state index is -0.878. The van der Waals surface area contributed by atoms with Gasteiger partial charge in [0.05, 0.1) is 34.4 Å². The first-order chi connectivity index (χ1) is 29.6. The molecule has 2 unspecified atom stereocenters. The number of esters is 2. The monoisotopic (exact) mass is 857 g/mol. The second-order valence-corrected chi connectivity index (χ2v) is 17.7. The summed E-state index contributed by atoms with van der Waals surface area (Å²) in [6, 6.07) is -0.619. The van der Waals surface area contributed by atoms with Crippen LogP contribution >= 0.6 is 0 Å². The number of hydrogen-bond donors (Lipinski definition) is 1. The molecule has 61 heavy (non-hydrogen) atoms. The summed E-state index contributed by atoms with van der Waals surface area (Å²) in [6.07, 6.45) is 54.1. The van der Waals surface area contributed by atoms with Crippen molar-refractivity contribution in [2.45, 2.75) is 219 Å². The molecule has 352 valence electrons. The summed E-state index contributed by atoms with van der Waals surface area (Å²) in [5, 5.41) is 9.64. The highest BCUT2D eigenvalue weighted by atomic mass is 16.6. The molecule has 0 amide bonds. The van der Waals surface area contributed by atoms with E-state index in [0.29, 0.717) is 19.3 Å². The second kappa shape index (κ2) is 43.7. The van der Waals surface area contributed by atoms with E-state index in [1.165, 1.54) is 89.9 Å². The normalized spacial score (nSPS) is 13.4. The highest BCUT2D eigenvalue weighted by molar-refractivity contribution is 5.72. The van der Waals surface area contributed by atoms with Crippen LogP contribution < -0.4 is 0 Å². The van der Waals surface area contributed by atoms with Crippen LogP contribution in [0.4, 0.5) is 0 Å². The topological polar surface area (TPSA) is 99.1 Å². The van der Waals surface area contributed by atoms with Crippen LogP contribution in [0, 0.1) is 0 Å². The average Bonchev–Trinajstić information content (AvgIpc) is 3.22. The summed E-state index contributed by atoms with van der Waals surface area (Å²) >= 11 is 0. The van der Waals surface area contributed by atoms with E-state index in [1.54, 1.807) is 0 Å². The minimum absolute atomic E-state index is 0.0549. The van der Waals surface area contributed by atoms with E-state index in [0.717, 1.165) is 83.5 Å². The Balaban J connectivity index is 4.24. The molecule has 8 heteroatoms. The molecule has 0 aliphatic rings. The summed E-state index contributed by atoms with van der Waals surface area (Å²) in [6.45, 7) is 4.52. The van der Waals surface area contributed by atoms with E-state index in [2.05, 4.69) is 74.6 Å².